The fraction of sp³-hybridized carbons (Fsp3) is 0.222. The van der Waals surface area contributed by atoms with Gasteiger partial charge in [-0.1, -0.05) is 0 Å². The van der Waals surface area contributed by atoms with Crippen molar-refractivity contribution in [1.29, 1.82) is 5.26 Å². The van der Waals surface area contributed by atoms with Gasteiger partial charge in [0.25, 0.3) is 0 Å². The smallest absolute Gasteiger partial charge is 0.235 e. The van der Waals surface area contributed by atoms with Gasteiger partial charge in [0.15, 0.2) is 5.65 Å². The average molecular weight is 226 g/mol. The van der Waals surface area contributed by atoms with Crippen molar-refractivity contribution < 1.29 is 13.2 Å². The highest BCUT2D eigenvalue weighted by Gasteiger charge is 2.37. The number of nitrogens with zero attached hydrogens (tertiary/aromatic N) is 4. The Bertz CT molecular complexity index is 591. The van der Waals surface area contributed by atoms with Crippen LogP contribution in [0.25, 0.3) is 5.65 Å². The highest BCUT2D eigenvalue weighted by Crippen LogP contribution is 2.33. The second-order valence-corrected chi connectivity index (χ2v) is 3.18. The van der Waals surface area contributed by atoms with Gasteiger partial charge >= 0.3 is 6.18 Å². The van der Waals surface area contributed by atoms with Crippen molar-refractivity contribution in [1.82, 2.24) is 14.6 Å². The zero-order valence-corrected chi connectivity index (χ0v) is 8.08. The first-order valence-corrected chi connectivity index (χ1v) is 4.26. The molecule has 0 bridgehead atoms. The Balaban J connectivity index is 2.78. The average Bonchev–Trinajstić information content (AvgIpc) is 2.51. The quantitative estimate of drug-likeness (QED) is 0.689. The standard InChI is InChI=1S/C9H5F3N4/c1-5-7(9(10,11)12)8-14-3-6(2-13)4-16(8)15-5/h3-4H,1H3. The van der Waals surface area contributed by atoms with Crippen molar-refractivity contribution in [2.75, 3.05) is 0 Å². The van der Waals surface area contributed by atoms with E-state index in [-0.39, 0.29) is 16.9 Å². The summed E-state index contributed by atoms with van der Waals surface area (Å²) in [5, 5.41) is 12.3. The Morgan fingerprint density at radius 2 is 2.12 bits per heavy atom. The first kappa shape index (κ1) is 10.4. The molecule has 0 N–H and O–H groups in total. The lowest BCUT2D eigenvalue weighted by Gasteiger charge is -2.04. The van der Waals surface area contributed by atoms with Crippen molar-refractivity contribution >= 4 is 5.65 Å². The SMILES string of the molecule is Cc1nn2cc(C#N)cnc2c1C(F)(F)F. The monoisotopic (exact) mass is 226 g/mol. The number of rotatable bonds is 0. The Morgan fingerprint density at radius 3 is 2.69 bits per heavy atom. The van der Waals surface area contributed by atoms with Crippen molar-refractivity contribution in [2.45, 2.75) is 13.1 Å². The van der Waals surface area contributed by atoms with E-state index >= 15 is 0 Å². The van der Waals surface area contributed by atoms with Crippen LogP contribution in [0.5, 0.6) is 0 Å². The van der Waals surface area contributed by atoms with Gasteiger partial charge in [0.05, 0.1) is 17.5 Å². The topological polar surface area (TPSA) is 54.0 Å². The molecule has 0 aliphatic carbocycles. The number of hydrogen-bond donors (Lipinski definition) is 0. The normalized spacial score (nSPS) is 11.7. The van der Waals surface area contributed by atoms with Crippen molar-refractivity contribution in [3.8, 4) is 6.07 Å². The molecular weight excluding hydrogens is 221 g/mol. The first-order valence-electron chi connectivity index (χ1n) is 4.26. The van der Waals surface area contributed by atoms with Crippen LogP contribution in [-0.2, 0) is 6.18 Å². The van der Waals surface area contributed by atoms with Gasteiger partial charge in [-0.05, 0) is 6.92 Å². The van der Waals surface area contributed by atoms with Crippen molar-refractivity contribution in [2.24, 2.45) is 0 Å². The van der Waals surface area contributed by atoms with Crippen LogP contribution in [0, 0.1) is 18.3 Å². The molecule has 16 heavy (non-hydrogen) atoms. The van der Waals surface area contributed by atoms with Gasteiger partial charge in [-0.15, -0.1) is 0 Å². The summed E-state index contributed by atoms with van der Waals surface area (Å²) < 4.78 is 38.9. The van der Waals surface area contributed by atoms with Gasteiger partial charge in [0, 0.05) is 6.20 Å². The first-order chi connectivity index (χ1) is 7.43. The molecule has 0 aliphatic rings. The summed E-state index contributed by atoms with van der Waals surface area (Å²) in [7, 11) is 0. The summed E-state index contributed by atoms with van der Waals surface area (Å²) in [6.45, 7) is 1.25. The number of aromatic nitrogens is 3. The molecule has 82 valence electrons. The summed E-state index contributed by atoms with van der Waals surface area (Å²) in [6, 6.07) is 1.78. The lowest BCUT2D eigenvalue weighted by atomic mass is 10.2. The van der Waals surface area contributed by atoms with E-state index in [0.29, 0.717) is 0 Å². The maximum Gasteiger partial charge on any atom is 0.421 e. The molecule has 2 aromatic rings. The molecule has 2 rings (SSSR count). The minimum absolute atomic E-state index is 0.156. The molecule has 0 amide bonds. The zero-order valence-electron chi connectivity index (χ0n) is 8.08. The molecule has 7 heteroatoms. The van der Waals surface area contributed by atoms with Crippen LogP contribution < -0.4 is 0 Å². The predicted molar refractivity (Wildman–Crippen MR) is 47.4 cm³/mol. The van der Waals surface area contributed by atoms with Crippen LogP contribution in [0.2, 0.25) is 0 Å². The lowest BCUT2D eigenvalue weighted by Crippen LogP contribution is -2.07. The van der Waals surface area contributed by atoms with Crippen molar-refractivity contribution in [3.05, 3.63) is 29.2 Å². The molecule has 2 aromatic heterocycles. The lowest BCUT2D eigenvalue weighted by molar-refractivity contribution is -0.136. The molecule has 0 unspecified atom stereocenters. The maximum absolute atomic E-state index is 12.6. The number of halogens is 3. The van der Waals surface area contributed by atoms with Crippen LogP contribution in [0.1, 0.15) is 16.8 Å². The number of hydrogen-bond acceptors (Lipinski definition) is 3. The van der Waals surface area contributed by atoms with E-state index in [1.807, 2.05) is 0 Å². The Hall–Kier alpha value is -2.10. The van der Waals surface area contributed by atoms with Gasteiger partial charge in [0.2, 0.25) is 0 Å². The highest BCUT2D eigenvalue weighted by molar-refractivity contribution is 5.52. The molecular formula is C9H5F3N4. The summed E-state index contributed by atoms with van der Waals surface area (Å²) in [4.78, 5) is 3.60. The van der Waals surface area contributed by atoms with Gasteiger partial charge in [-0.3, -0.25) is 0 Å². The van der Waals surface area contributed by atoms with E-state index in [1.54, 1.807) is 6.07 Å². The van der Waals surface area contributed by atoms with Crippen LogP contribution >= 0.6 is 0 Å². The molecule has 0 aromatic carbocycles. The van der Waals surface area contributed by atoms with E-state index in [0.717, 1.165) is 10.7 Å². The molecule has 4 nitrogen and oxygen atoms in total. The molecule has 2 heterocycles. The molecule has 0 fully saturated rings. The van der Waals surface area contributed by atoms with Crippen LogP contribution in [0.15, 0.2) is 12.4 Å². The third kappa shape index (κ3) is 1.48. The zero-order chi connectivity index (χ0) is 11.9. The molecule has 0 saturated heterocycles. The highest BCUT2D eigenvalue weighted by atomic mass is 19.4. The Kier molecular flexibility index (Phi) is 2.08. The summed E-state index contributed by atoms with van der Waals surface area (Å²) in [5.41, 5.74) is -1.15. The van der Waals surface area contributed by atoms with Crippen LogP contribution in [-0.4, -0.2) is 14.6 Å². The van der Waals surface area contributed by atoms with Gasteiger partial charge in [-0.2, -0.15) is 23.5 Å². The second kappa shape index (κ2) is 3.20. The van der Waals surface area contributed by atoms with E-state index in [9.17, 15) is 13.2 Å². The fourth-order valence-corrected chi connectivity index (χ4v) is 1.43. The summed E-state index contributed by atoms with van der Waals surface area (Å²) >= 11 is 0. The minimum Gasteiger partial charge on any atom is -0.235 e. The van der Waals surface area contributed by atoms with E-state index in [2.05, 4.69) is 10.1 Å². The number of aryl methyl sites for hydroxylation is 1. The second-order valence-electron chi connectivity index (χ2n) is 3.18. The van der Waals surface area contributed by atoms with Gasteiger partial charge in [0.1, 0.15) is 11.6 Å². The van der Waals surface area contributed by atoms with E-state index in [1.165, 1.54) is 13.1 Å². The van der Waals surface area contributed by atoms with E-state index in [4.69, 9.17) is 5.26 Å². The third-order valence-corrected chi connectivity index (χ3v) is 2.06. The van der Waals surface area contributed by atoms with Gasteiger partial charge in [-0.25, -0.2) is 9.50 Å². The maximum atomic E-state index is 12.6. The summed E-state index contributed by atoms with van der Waals surface area (Å²) in [5.74, 6) is 0. The van der Waals surface area contributed by atoms with Gasteiger partial charge < -0.3 is 0 Å². The largest absolute Gasteiger partial charge is 0.421 e. The summed E-state index contributed by atoms with van der Waals surface area (Å²) in [6.07, 6.45) is -2.19. The number of alkyl halides is 3. The number of fused-ring (bicyclic) bond motifs is 1. The molecule has 0 aliphatic heterocycles. The Morgan fingerprint density at radius 1 is 1.44 bits per heavy atom. The van der Waals surface area contributed by atoms with Crippen LogP contribution in [0.4, 0.5) is 13.2 Å². The number of nitriles is 1. The predicted octanol–water partition coefficient (Wildman–Crippen LogP) is 1.93. The molecule has 0 spiro atoms. The molecule has 0 radical (unpaired) electrons. The molecule has 0 saturated carbocycles. The van der Waals surface area contributed by atoms with Crippen LogP contribution in [0.3, 0.4) is 0 Å². The van der Waals surface area contributed by atoms with Crippen molar-refractivity contribution in [3.63, 3.8) is 0 Å². The van der Waals surface area contributed by atoms with E-state index < -0.39 is 11.7 Å². The molecule has 0 atom stereocenters. The fourth-order valence-electron chi connectivity index (χ4n) is 1.43. The third-order valence-electron chi connectivity index (χ3n) is 2.06. The minimum atomic E-state index is -4.49. The Labute approximate surface area is 87.9 Å².